The van der Waals surface area contributed by atoms with Crippen LogP contribution in [0.1, 0.15) is 46.0 Å². The second-order valence-electron chi connectivity index (χ2n) is 4.95. The van der Waals surface area contributed by atoms with E-state index in [0.717, 1.165) is 51.3 Å². The van der Waals surface area contributed by atoms with Crippen LogP contribution in [-0.4, -0.2) is 34.4 Å². The second kappa shape index (κ2) is 10.9. The molecule has 0 aromatic rings. The lowest BCUT2D eigenvalue weighted by atomic mass is 10.1. The lowest BCUT2D eigenvalue weighted by Gasteiger charge is -2.31. The van der Waals surface area contributed by atoms with Crippen molar-refractivity contribution in [3.8, 4) is 0 Å². The molecule has 2 atom stereocenters. The lowest BCUT2D eigenvalue weighted by Crippen LogP contribution is -2.42. The summed E-state index contributed by atoms with van der Waals surface area (Å²) in [5.74, 6) is 0. The third-order valence-corrected chi connectivity index (χ3v) is 5.96. The molecule has 0 spiro atoms. The average molecular weight is 276 g/mol. The maximum Gasteiger partial charge on any atom is 0.335 e. The van der Waals surface area contributed by atoms with E-state index in [4.69, 9.17) is 20.3 Å². The van der Waals surface area contributed by atoms with Gasteiger partial charge >= 0.3 is 8.56 Å². The molecule has 0 fully saturated rings. The van der Waals surface area contributed by atoms with Crippen LogP contribution in [0.3, 0.4) is 0 Å². The minimum atomic E-state index is -2.05. The lowest BCUT2D eigenvalue weighted by molar-refractivity contribution is 0.105. The molecule has 0 radical (unpaired) electrons. The van der Waals surface area contributed by atoms with Crippen molar-refractivity contribution in [2.45, 2.75) is 64.6 Å². The number of rotatable bonds is 12. The van der Waals surface area contributed by atoms with Gasteiger partial charge in [-0.3, -0.25) is 0 Å². The monoisotopic (exact) mass is 276 g/mol. The van der Waals surface area contributed by atoms with Crippen LogP contribution in [0.5, 0.6) is 0 Å². The molecule has 0 aliphatic rings. The third-order valence-electron chi connectivity index (χ3n) is 3.05. The quantitative estimate of drug-likeness (QED) is 0.537. The Balaban J connectivity index is 4.32. The largest absolute Gasteiger partial charge is 0.394 e. The van der Waals surface area contributed by atoms with Gasteiger partial charge in [0, 0.05) is 12.7 Å². The van der Waals surface area contributed by atoms with E-state index >= 15 is 0 Å². The van der Waals surface area contributed by atoms with Gasteiger partial charge in [-0.25, -0.2) is 0 Å². The highest BCUT2D eigenvalue weighted by atomic mass is 28.4. The van der Waals surface area contributed by atoms with Crippen molar-refractivity contribution >= 4 is 8.56 Å². The fourth-order valence-corrected chi connectivity index (χ4v) is 4.75. The van der Waals surface area contributed by atoms with Gasteiger partial charge < -0.3 is 20.3 Å². The van der Waals surface area contributed by atoms with Gasteiger partial charge in [-0.2, -0.15) is 0 Å². The normalized spacial score (nSPS) is 16.5. The zero-order chi connectivity index (χ0) is 13.9. The molecule has 0 aliphatic heterocycles. The molecule has 0 bridgehead atoms. The van der Waals surface area contributed by atoms with E-state index in [1.165, 1.54) is 0 Å². The molecule has 0 aromatic heterocycles. The standard InChI is InChI=1S/C13H32N2O2Si/c1-4-11-16-18(3,12-7-10-15)17-13(5-2)8-6-9-14/h13H,4-12,14-15H2,1-3H3. The summed E-state index contributed by atoms with van der Waals surface area (Å²) in [5, 5.41) is 0. The summed E-state index contributed by atoms with van der Waals surface area (Å²) in [7, 11) is -2.05. The zero-order valence-corrected chi connectivity index (χ0v) is 13.4. The molecule has 18 heavy (non-hydrogen) atoms. The van der Waals surface area contributed by atoms with Crippen LogP contribution in [-0.2, 0) is 8.85 Å². The summed E-state index contributed by atoms with van der Waals surface area (Å²) in [6.45, 7) is 8.70. The highest BCUT2D eigenvalue weighted by molar-refractivity contribution is 6.66. The molecule has 4 nitrogen and oxygen atoms in total. The Kier molecular flexibility index (Phi) is 11.0. The van der Waals surface area contributed by atoms with Gasteiger partial charge in [0.15, 0.2) is 0 Å². The maximum absolute atomic E-state index is 6.30. The molecule has 0 rings (SSSR count). The number of hydrogen-bond acceptors (Lipinski definition) is 4. The SMILES string of the molecule is CCCO[Si](C)(CCCN)OC(CC)CCCN. The summed E-state index contributed by atoms with van der Waals surface area (Å²) < 4.78 is 12.3. The fraction of sp³-hybridized carbons (Fsp3) is 1.00. The summed E-state index contributed by atoms with van der Waals surface area (Å²) in [6.07, 6.45) is 5.40. The maximum atomic E-state index is 6.30. The molecule has 4 N–H and O–H groups in total. The Hall–Kier alpha value is 0.0569. The molecule has 0 aromatic carbocycles. The van der Waals surface area contributed by atoms with Crippen LogP contribution >= 0.6 is 0 Å². The van der Waals surface area contributed by atoms with E-state index in [0.29, 0.717) is 12.6 Å². The highest BCUT2D eigenvalue weighted by Gasteiger charge is 2.33. The third kappa shape index (κ3) is 8.21. The van der Waals surface area contributed by atoms with E-state index in [9.17, 15) is 0 Å². The Morgan fingerprint density at radius 2 is 1.78 bits per heavy atom. The molecule has 5 heteroatoms. The van der Waals surface area contributed by atoms with Crippen molar-refractivity contribution in [3.63, 3.8) is 0 Å². The van der Waals surface area contributed by atoms with Crippen molar-refractivity contribution in [1.29, 1.82) is 0 Å². The number of nitrogens with two attached hydrogens (primary N) is 2. The van der Waals surface area contributed by atoms with Crippen LogP contribution in [0.2, 0.25) is 12.6 Å². The van der Waals surface area contributed by atoms with Gasteiger partial charge in [0.1, 0.15) is 0 Å². The molecular weight excluding hydrogens is 244 g/mol. The van der Waals surface area contributed by atoms with Crippen LogP contribution in [0.15, 0.2) is 0 Å². The summed E-state index contributed by atoms with van der Waals surface area (Å²) in [6, 6.07) is 0.989. The minimum Gasteiger partial charge on any atom is -0.394 e. The van der Waals surface area contributed by atoms with Crippen LogP contribution in [0.4, 0.5) is 0 Å². The molecule has 0 aliphatic carbocycles. The van der Waals surface area contributed by atoms with Crippen molar-refractivity contribution in [2.24, 2.45) is 11.5 Å². The van der Waals surface area contributed by atoms with Crippen LogP contribution in [0.25, 0.3) is 0 Å². The Bertz CT molecular complexity index is 186. The molecule has 2 unspecified atom stereocenters. The predicted molar refractivity (Wildman–Crippen MR) is 79.8 cm³/mol. The molecule has 110 valence electrons. The Morgan fingerprint density at radius 1 is 1.11 bits per heavy atom. The minimum absolute atomic E-state index is 0.292. The van der Waals surface area contributed by atoms with E-state index in [1.807, 2.05) is 0 Å². The van der Waals surface area contributed by atoms with Crippen molar-refractivity contribution < 1.29 is 8.85 Å². The predicted octanol–water partition coefficient (Wildman–Crippen LogP) is 2.37. The fourth-order valence-electron chi connectivity index (χ4n) is 1.95. The van der Waals surface area contributed by atoms with Gasteiger partial charge in [-0.1, -0.05) is 13.8 Å². The Labute approximate surface area is 114 Å². The summed E-state index contributed by atoms with van der Waals surface area (Å²) in [5.41, 5.74) is 11.2. The van der Waals surface area contributed by atoms with Gasteiger partial charge in [0.05, 0.1) is 0 Å². The first kappa shape index (κ1) is 18.1. The average Bonchev–Trinajstić information content (AvgIpc) is 2.39. The first-order chi connectivity index (χ1) is 8.61. The summed E-state index contributed by atoms with van der Waals surface area (Å²) >= 11 is 0. The first-order valence-electron chi connectivity index (χ1n) is 7.33. The van der Waals surface area contributed by atoms with E-state index in [1.54, 1.807) is 0 Å². The van der Waals surface area contributed by atoms with Gasteiger partial charge in [0.2, 0.25) is 0 Å². The smallest absolute Gasteiger partial charge is 0.335 e. The van der Waals surface area contributed by atoms with Crippen molar-refractivity contribution in [2.75, 3.05) is 19.7 Å². The van der Waals surface area contributed by atoms with E-state index < -0.39 is 8.56 Å². The molecule has 0 amide bonds. The summed E-state index contributed by atoms with van der Waals surface area (Å²) in [4.78, 5) is 0. The van der Waals surface area contributed by atoms with Gasteiger partial charge in [0.25, 0.3) is 0 Å². The molecule has 0 saturated heterocycles. The number of hydrogen-bond donors (Lipinski definition) is 2. The molecule has 0 saturated carbocycles. The Morgan fingerprint density at radius 3 is 2.28 bits per heavy atom. The van der Waals surface area contributed by atoms with E-state index in [2.05, 4.69) is 20.4 Å². The molecular formula is C13H32N2O2Si. The second-order valence-corrected chi connectivity index (χ2v) is 8.25. The van der Waals surface area contributed by atoms with Crippen molar-refractivity contribution in [1.82, 2.24) is 0 Å². The van der Waals surface area contributed by atoms with Crippen molar-refractivity contribution in [3.05, 3.63) is 0 Å². The molecule has 0 heterocycles. The highest BCUT2D eigenvalue weighted by Crippen LogP contribution is 2.21. The van der Waals surface area contributed by atoms with Gasteiger partial charge in [-0.05, 0) is 57.8 Å². The topological polar surface area (TPSA) is 70.5 Å². The van der Waals surface area contributed by atoms with Crippen LogP contribution in [0, 0.1) is 0 Å². The first-order valence-corrected chi connectivity index (χ1v) is 9.86. The van der Waals surface area contributed by atoms with Gasteiger partial charge in [-0.15, -0.1) is 0 Å². The zero-order valence-electron chi connectivity index (χ0n) is 12.4. The van der Waals surface area contributed by atoms with Crippen LogP contribution < -0.4 is 11.5 Å². The van der Waals surface area contributed by atoms with E-state index in [-0.39, 0.29) is 0 Å².